The van der Waals surface area contributed by atoms with Gasteiger partial charge in [0, 0.05) is 5.02 Å². The Morgan fingerprint density at radius 1 is 1.24 bits per heavy atom. The third kappa shape index (κ3) is 6.18. The molecule has 0 saturated carbocycles. The summed E-state index contributed by atoms with van der Waals surface area (Å²) in [5, 5.41) is 4.54. The van der Waals surface area contributed by atoms with Gasteiger partial charge in [0.05, 0.1) is 10.7 Å². The van der Waals surface area contributed by atoms with Gasteiger partial charge in [-0.25, -0.2) is 5.43 Å². The minimum absolute atomic E-state index is 0.0504. The van der Waals surface area contributed by atoms with Crippen LogP contribution < -0.4 is 10.2 Å². The van der Waals surface area contributed by atoms with Gasteiger partial charge in [0.25, 0.3) is 5.91 Å². The van der Waals surface area contributed by atoms with E-state index >= 15 is 0 Å². The first-order valence-corrected chi connectivity index (χ1v) is 8.93. The highest BCUT2D eigenvalue weighted by Crippen LogP contribution is 2.31. The van der Waals surface area contributed by atoms with Crippen LogP contribution in [0.15, 0.2) is 52.0 Å². The largest absolute Gasteiger partial charge is 0.483 e. The molecule has 0 saturated heterocycles. The molecule has 0 aliphatic rings. The van der Waals surface area contributed by atoms with Crippen molar-refractivity contribution in [3.63, 3.8) is 0 Å². The number of rotatable bonds is 5. The second kappa shape index (κ2) is 8.50. The highest BCUT2D eigenvalue weighted by atomic mass is 79.9. The van der Waals surface area contributed by atoms with Crippen molar-refractivity contribution in [1.29, 1.82) is 0 Å². The van der Waals surface area contributed by atoms with Crippen molar-refractivity contribution in [3.8, 4) is 5.75 Å². The minimum Gasteiger partial charge on any atom is -0.483 e. The zero-order chi connectivity index (χ0) is 18.4. The van der Waals surface area contributed by atoms with Gasteiger partial charge < -0.3 is 4.74 Å². The molecule has 0 unspecified atom stereocenters. The fourth-order valence-corrected chi connectivity index (χ4v) is 2.61. The van der Waals surface area contributed by atoms with Crippen LogP contribution in [0.4, 0.5) is 0 Å². The molecule has 0 atom stereocenters. The fraction of sp³-hybridized carbons (Fsp3) is 0.263. The summed E-state index contributed by atoms with van der Waals surface area (Å²) in [6.07, 6.45) is 1.54. The lowest BCUT2D eigenvalue weighted by molar-refractivity contribution is -0.123. The van der Waals surface area contributed by atoms with Crippen molar-refractivity contribution in [3.05, 3.63) is 63.1 Å². The van der Waals surface area contributed by atoms with E-state index in [0.29, 0.717) is 10.8 Å². The number of hydrazone groups is 1. The molecule has 2 aromatic rings. The second-order valence-corrected chi connectivity index (χ2v) is 7.82. The number of ether oxygens (including phenoxy) is 1. The molecule has 0 aliphatic carbocycles. The Balaban J connectivity index is 1.86. The third-order valence-corrected chi connectivity index (χ3v) is 4.30. The predicted molar refractivity (Wildman–Crippen MR) is 106 cm³/mol. The molecule has 1 amide bonds. The lowest BCUT2D eigenvalue weighted by atomic mass is 9.87. The molecular weight excluding hydrogens is 404 g/mol. The van der Waals surface area contributed by atoms with Crippen molar-refractivity contribution in [2.75, 3.05) is 6.61 Å². The van der Waals surface area contributed by atoms with Crippen LogP contribution in [-0.4, -0.2) is 18.7 Å². The van der Waals surface area contributed by atoms with Crippen molar-refractivity contribution in [1.82, 2.24) is 5.43 Å². The zero-order valence-electron chi connectivity index (χ0n) is 14.3. The van der Waals surface area contributed by atoms with Crippen molar-refractivity contribution < 1.29 is 9.53 Å². The van der Waals surface area contributed by atoms with E-state index in [9.17, 15) is 4.79 Å². The first-order valence-electron chi connectivity index (χ1n) is 7.76. The van der Waals surface area contributed by atoms with Gasteiger partial charge in [0.1, 0.15) is 5.75 Å². The minimum atomic E-state index is -0.336. The maximum Gasteiger partial charge on any atom is 0.277 e. The molecule has 132 valence electrons. The van der Waals surface area contributed by atoms with E-state index in [4.69, 9.17) is 16.3 Å². The Morgan fingerprint density at radius 2 is 1.92 bits per heavy atom. The number of carbonyl (C=O) groups is 1. The van der Waals surface area contributed by atoms with Gasteiger partial charge in [0.2, 0.25) is 0 Å². The Bertz CT molecular complexity index is 768. The zero-order valence-corrected chi connectivity index (χ0v) is 16.7. The maximum atomic E-state index is 11.8. The van der Waals surface area contributed by atoms with Gasteiger partial charge in [0.15, 0.2) is 6.61 Å². The normalized spacial score (nSPS) is 11.6. The Morgan fingerprint density at radius 3 is 2.52 bits per heavy atom. The van der Waals surface area contributed by atoms with Crippen LogP contribution in [0.1, 0.15) is 31.9 Å². The average Bonchev–Trinajstić information content (AvgIpc) is 2.54. The standard InChI is InChI=1S/C19H20BrClN2O2/c1-19(2,3)14-6-9-17(16(20)10-14)25-12-18(24)23-22-11-13-4-7-15(21)8-5-13/h4-11H,12H2,1-3H3,(H,23,24)/b22-11+. The van der Waals surface area contributed by atoms with Crippen molar-refractivity contribution in [2.45, 2.75) is 26.2 Å². The van der Waals surface area contributed by atoms with Crippen LogP contribution in [0.5, 0.6) is 5.75 Å². The number of nitrogens with one attached hydrogen (secondary N) is 1. The number of halogens is 2. The van der Waals surface area contributed by atoms with Crippen LogP contribution in [0, 0.1) is 0 Å². The molecule has 0 heterocycles. The molecule has 6 heteroatoms. The summed E-state index contributed by atoms with van der Waals surface area (Å²) in [7, 11) is 0. The first-order chi connectivity index (χ1) is 11.8. The number of hydrogen-bond acceptors (Lipinski definition) is 3. The lowest BCUT2D eigenvalue weighted by Crippen LogP contribution is -2.24. The maximum absolute atomic E-state index is 11.8. The summed E-state index contributed by atoms with van der Waals surface area (Å²) in [5.41, 5.74) is 4.50. The van der Waals surface area contributed by atoms with E-state index in [-0.39, 0.29) is 17.9 Å². The van der Waals surface area contributed by atoms with Gasteiger partial charge in [-0.3, -0.25) is 4.79 Å². The number of nitrogens with zero attached hydrogens (tertiary/aromatic N) is 1. The second-order valence-electron chi connectivity index (χ2n) is 6.53. The molecule has 0 spiro atoms. The summed E-state index contributed by atoms with van der Waals surface area (Å²) < 4.78 is 6.35. The van der Waals surface area contributed by atoms with Crippen molar-refractivity contribution in [2.24, 2.45) is 5.10 Å². The summed E-state index contributed by atoms with van der Waals surface area (Å²) in [6.45, 7) is 6.30. The number of hydrogen-bond donors (Lipinski definition) is 1. The Kier molecular flexibility index (Phi) is 6.62. The van der Waals surface area contributed by atoms with E-state index in [2.05, 4.69) is 47.2 Å². The first kappa shape index (κ1) is 19.5. The Labute approximate surface area is 161 Å². The van der Waals surface area contributed by atoms with E-state index in [1.165, 1.54) is 5.56 Å². The Hall–Kier alpha value is -1.85. The van der Waals surface area contributed by atoms with Crippen LogP contribution in [0.25, 0.3) is 0 Å². The van der Waals surface area contributed by atoms with Gasteiger partial charge in [-0.2, -0.15) is 5.10 Å². The molecule has 2 aromatic carbocycles. The number of benzene rings is 2. The smallest absolute Gasteiger partial charge is 0.277 e. The molecule has 25 heavy (non-hydrogen) atoms. The predicted octanol–water partition coefficient (Wildman–Crippen LogP) is 4.93. The van der Waals surface area contributed by atoms with Crippen LogP contribution in [0.3, 0.4) is 0 Å². The molecule has 4 nitrogen and oxygen atoms in total. The van der Waals surface area contributed by atoms with Gasteiger partial charge >= 0.3 is 0 Å². The number of amides is 1. The number of carbonyl (C=O) groups excluding carboxylic acids is 1. The molecule has 0 fully saturated rings. The van der Waals surface area contributed by atoms with Crippen LogP contribution in [-0.2, 0) is 10.2 Å². The average molecular weight is 424 g/mol. The van der Waals surface area contributed by atoms with Crippen molar-refractivity contribution >= 4 is 39.7 Å². The molecule has 0 radical (unpaired) electrons. The molecule has 0 bridgehead atoms. The fourth-order valence-electron chi connectivity index (χ4n) is 1.99. The van der Waals surface area contributed by atoms with E-state index in [1.807, 2.05) is 30.3 Å². The molecule has 0 aliphatic heterocycles. The lowest BCUT2D eigenvalue weighted by Gasteiger charge is -2.20. The molecule has 0 aromatic heterocycles. The highest BCUT2D eigenvalue weighted by molar-refractivity contribution is 9.10. The summed E-state index contributed by atoms with van der Waals surface area (Å²) in [5.74, 6) is 0.279. The summed E-state index contributed by atoms with van der Waals surface area (Å²) in [4.78, 5) is 11.8. The summed E-state index contributed by atoms with van der Waals surface area (Å²) >= 11 is 9.29. The van der Waals surface area contributed by atoms with Gasteiger partial charge in [-0.15, -0.1) is 0 Å². The van der Waals surface area contributed by atoms with E-state index < -0.39 is 0 Å². The summed E-state index contributed by atoms with van der Waals surface area (Å²) in [6, 6.07) is 13.0. The van der Waals surface area contributed by atoms with Crippen LogP contribution >= 0.6 is 27.5 Å². The quantitative estimate of drug-likeness (QED) is 0.547. The monoisotopic (exact) mass is 422 g/mol. The third-order valence-electron chi connectivity index (χ3n) is 3.43. The van der Waals surface area contributed by atoms with E-state index in [1.54, 1.807) is 18.3 Å². The molecular formula is C19H20BrClN2O2. The van der Waals surface area contributed by atoms with Crippen LogP contribution in [0.2, 0.25) is 5.02 Å². The topological polar surface area (TPSA) is 50.7 Å². The van der Waals surface area contributed by atoms with E-state index in [0.717, 1.165) is 10.0 Å². The molecule has 2 rings (SSSR count). The highest BCUT2D eigenvalue weighted by Gasteiger charge is 2.15. The van der Waals surface area contributed by atoms with Gasteiger partial charge in [-0.05, 0) is 56.7 Å². The SMILES string of the molecule is CC(C)(C)c1ccc(OCC(=O)N/N=C/c2ccc(Cl)cc2)c(Br)c1. The molecule has 1 N–H and O–H groups in total. The van der Waals surface area contributed by atoms with Gasteiger partial charge in [-0.1, -0.05) is 50.6 Å².